The Labute approximate surface area is 178 Å². The molecule has 0 aliphatic rings. The molecule has 0 aromatic carbocycles. The number of pyridine rings is 1. The first-order valence-corrected chi connectivity index (χ1v) is 11.6. The van der Waals surface area contributed by atoms with E-state index in [-0.39, 0.29) is 11.9 Å². The van der Waals surface area contributed by atoms with Crippen molar-refractivity contribution < 1.29 is 4.79 Å². The van der Waals surface area contributed by atoms with Crippen LogP contribution in [-0.4, -0.2) is 55.2 Å². The lowest BCUT2D eigenvalue weighted by molar-refractivity contribution is 0.0948. The molecule has 0 saturated heterocycles. The molecule has 10 heteroatoms. The van der Waals surface area contributed by atoms with Gasteiger partial charge in [-0.3, -0.25) is 4.79 Å². The van der Waals surface area contributed by atoms with Crippen molar-refractivity contribution in [1.29, 1.82) is 0 Å². The molecule has 0 spiro atoms. The molecule has 3 heterocycles. The van der Waals surface area contributed by atoms with E-state index in [4.69, 9.17) is 0 Å². The lowest BCUT2D eigenvalue weighted by atomic mass is 10.2. The van der Waals surface area contributed by atoms with Gasteiger partial charge in [-0.15, -0.1) is 11.8 Å². The number of rotatable bonds is 9. The van der Waals surface area contributed by atoms with Crippen LogP contribution in [-0.2, 0) is 6.54 Å². The Morgan fingerprint density at radius 1 is 1.31 bits per heavy atom. The summed E-state index contributed by atoms with van der Waals surface area (Å²) < 4.78 is 1.81. The summed E-state index contributed by atoms with van der Waals surface area (Å²) in [7, 11) is 0. The van der Waals surface area contributed by atoms with E-state index in [0.717, 1.165) is 22.6 Å². The molecule has 3 rings (SSSR count). The van der Waals surface area contributed by atoms with Crippen molar-refractivity contribution in [2.75, 3.05) is 23.9 Å². The minimum atomic E-state index is -0.141. The number of nitrogens with zero attached hydrogens (tertiary/aromatic N) is 5. The van der Waals surface area contributed by atoms with E-state index >= 15 is 0 Å². The normalized spacial score (nSPS) is 11.2. The van der Waals surface area contributed by atoms with E-state index in [1.54, 1.807) is 41.0 Å². The summed E-state index contributed by atoms with van der Waals surface area (Å²) in [4.78, 5) is 26.0. The van der Waals surface area contributed by atoms with Crippen molar-refractivity contribution in [3.63, 3.8) is 0 Å². The van der Waals surface area contributed by atoms with Gasteiger partial charge in [0.25, 0.3) is 5.91 Å². The van der Waals surface area contributed by atoms with Crippen LogP contribution in [0.2, 0.25) is 0 Å². The first kappa shape index (κ1) is 21.4. The Morgan fingerprint density at radius 2 is 2.14 bits per heavy atom. The highest BCUT2D eigenvalue weighted by atomic mass is 32.2. The van der Waals surface area contributed by atoms with Crippen molar-refractivity contribution in [3.8, 4) is 0 Å². The molecule has 0 radical (unpaired) electrons. The molecule has 3 aromatic heterocycles. The number of fused-ring (bicyclic) bond motifs is 1. The van der Waals surface area contributed by atoms with Gasteiger partial charge in [-0.25, -0.2) is 19.6 Å². The second kappa shape index (κ2) is 9.93. The molecule has 0 atom stereocenters. The zero-order chi connectivity index (χ0) is 20.8. The van der Waals surface area contributed by atoms with Gasteiger partial charge in [-0.2, -0.15) is 5.10 Å². The molecular weight excluding hydrogens is 406 g/mol. The van der Waals surface area contributed by atoms with Crippen LogP contribution >= 0.6 is 23.5 Å². The van der Waals surface area contributed by atoms with Crippen LogP contribution in [0.25, 0.3) is 11.0 Å². The lowest BCUT2D eigenvalue weighted by Gasteiger charge is -2.12. The highest BCUT2D eigenvalue weighted by Crippen LogP contribution is 2.24. The van der Waals surface area contributed by atoms with Crippen LogP contribution in [0.4, 0.5) is 5.82 Å². The molecule has 154 valence electrons. The predicted octanol–water partition coefficient (Wildman–Crippen LogP) is 3.31. The molecule has 0 aliphatic carbocycles. The largest absolute Gasteiger partial charge is 0.367 e. The number of hydrogen-bond donors (Lipinski definition) is 2. The first-order valence-electron chi connectivity index (χ1n) is 9.43. The van der Waals surface area contributed by atoms with Crippen molar-refractivity contribution in [2.45, 2.75) is 43.5 Å². The zero-order valence-electron chi connectivity index (χ0n) is 17.0. The number of aromatic nitrogens is 5. The third-order valence-electron chi connectivity index (χ3n) is 3.99. The standard InChI is InChI=1S/C19H25N7OS2/c1-5-29-19-24-15(23-12(2)3)14-11-22-26(16(14)25-19)10-9-20-17(27)13-7-6-8-21-18(13)28-4/h6-8,11-12H,5,9-10H2,1-4H3,(H,20,27)(H,23,24,25). The fourth-order valence-corrected chi connectivity index (χ4v) is 3.88. The number of carbonyl (C=O) groups is 1. The third-order valence-corrected chi connectivity index (χ3v) is 5.43. The minimum Gasteiger partial charge on any atom is -0.367 e. The summed E-state index contributed by atoms with van der Waals surface area (Å²) in [5.74, 6) is 1.54. The smallest absolute Gasteiger partial charge is 0.254 e. The lowest BCUT2D eigenvalue weighted by Crippen LogP contribution is -2.28. The van der Waals surface area contributed by atoms with Gasteiger partial charge in [0.2, 0.25) is 0 Å². The average Bonchev–Trinajstić information content (AvgIpc) is 3.11. The molecule has 0 aliphatic heterocycles. The predicted molar refractivity (Wildman–Crippen MR) is 119 cm³/mol. The van der Waals surface area contributed by atoms with E-state index in [1.165, 1.54) is 11.8 Å². The van der Waals surface area contributed by atoms with Gasteiger partial charge in [-0.05, 0) is 38.0 Å². The molecular formula is C19H25N7OS2. The maximum atomic E-state index is 12.5. The van der Waals surface area contributed by atoms with Crippen molar-refractivity contribution in [3.05, 3.63) is 30.1 Å². The number of hydrogen-bond acceptors (Lipinski definition) is 8. The Hall–Kier alpha value is -2.33. The first-order chi connectivity index (χ1) is 14.0. The fraction of sp³-hybridized carbons (Fsp3) is 0.421. The Kier molecular flexibility index (Phi) is 7.32. The minimum absolute atomic E-state index is 0.141. The number of carbonyl (C=O) groups excluding carboxylic acids is 1. The fourth-order valence-electron chi connectivity index (χ4n) is 2.77. The summed E-state index contributed by atoms with van der Waals surface area (Å²) >= 11 is 3.04. The highest BCUT2D eigenvalue weighted by Gasteiger charge is 2.15. The summed E-state index contributed by atoms with van der Waals surface area (Å²) in [6.45, 7) is 7.16. The zero-order valence-corrected chi connectivity index (χ0v) is 18.6. The van der Waals surface area contributed by atoms with Crippen molar-refractivity contribution in [1.82, 2.24) is 30.0 Å². The Balaban J connectivity index is 1.76. The van der Waals surface area contributed by atoms with Crippen LogP contribution in [0.5, 0.6) is 0 Å². The number of amides is 1. The van der Waals surface area contributed by atoms with Crippen LogP contribution in [0.1, 0.15) is 31.1 Å². The quantitative estimate of drug-likeness (QED) is 0.393. The number of anilines is 1. The second-order valence-electron chi connectivity index (χ2n) is 6.51. The van der Waals surface area contributed by atoms with E-state index < -0.39 is 0 Å². The summed E-state index contributed by atoms with van der Waals surface area (Å²) in [5, 5.41) is 13.1. The molecule has 0 bridgehead atoms. The second-order valence-corrected chi connectivity index (χ2v) is 8.53. The summed E-state index contributed by atoms with van der Waals surface area (Å²) in [6, 6.07) is 3.80. The van der Waals surface area contributed by atoms with Gasteiger partial charge in [0.15, 0.2) is 10.8 Å². The highest BCUT2D eigenvalue weighted by molar-refractivity contribution is 7.99. The molecule has 0 saturated carbocycles. The van der Waals surface area contributed by atoms with E-state index in [0.29, 0.717) is 28.8 Å². The maximum Gasteiger partial charge on any atom is 0.254 e. The number of nitrogens with one attached hydrogen (secondary N) is 2. The molecule has 8 nitrogen and oxygen atoms in total. The maximum absolute atomic E-state index is 12.5. The molecule has 3 aromatic rings. The van der Waals surface area contributed by atoms with Gasteiger partial charge in [0.1, 0.15) is 10.8 Å². The topological polar surface area (TPSA) is 97.6 Å². The average molecular weight is 432 g/mol. The van der Waals surface area contributed by atoms with Crippen molar-refractivity contribution >= 4 is 46.3 Å². The van der Waals surface area contributed by atoms with Crippen LogP contribution in [0.3, 0.4) is 0 Å². The van der Waals surface area contributed by atoms with E-state index in [2.05, 4.69) is 51.5 Å². The summed E-state index contributed by atoms with van der Waals surface area (Å²) in [5.41, 5.74) is 1.34. The monoisotopic (exact) mass is 431 g/mol. The van der Waals surface area contributed by atoms with Gasteiger partial charge in [0.05, 0.1) is 23.7 Å². The van der Waals surface area contributed by atoms with Gasteiger partial charge < -0.3 is 10.6 Å². The Bertz CT molecular complexity index is 990. The molecule has 2 N–H and O–H groups in total. The van der Waals surface area contributed by atoms with E-state index in [1.807, 2.05) is 6.26 Å². The van der Waals surface area contributed by atoms with Crippen molar-refractivity contribution in [2.24, 2.45) is 0 Å². The molecule has 1 amide bonds. The van der Waals surface area contributed by atoms with Crippen LogP contribution in [0.15, 0.2) is 34.7 Å². The van der Waals surface area contributed by atoms with E-state index in [9.17, 15) is 4.79 Å². The van der Waals surface area contributed by atoms with Crippen LogP contribution in [0, 0.1) is 0 Å². The Morgan fingerprint density at radius 3 is 2.86 bits per heavy atom. The van der Waals surface area contributed by atoms with Gasteiger partial charge in [0, 0.05) is 18.8 Å². The molecule has 29 heavy (non-hydrogen) atoms. The number of thioether (sulfide) groups is 2. The molecule has 0 fully saturated rings. The molecule has 0 unspecified atom stereocenters. The van der Waals surface area contributed by atoms with Gasteiger partial charge >= 0.3 is 0 Å². The van der Waals surface area contributed by atoms with Gasteiger partial charge in [-0.1, -0.05) is 18.7 Å². The third kappa shape index (κ3) is 5.18. The SMILES string of the molecule is CCSc1nc(NC(C)C)c2cnn(CCNC(=O)c3cccnc3SC)c2n1. The summed E-state index contributed by atoms with van der Waals surface area (Å²) in [6.07, 6.45) is 5.37. The van der Waals surface area contributed by atoms with Crippen LogP contribution < -0.4 is 10.6 Å².